The fraction of sp³-hybridized carbons (Fsp3) is 0.273. The van der Waals surface area contributed by atoms with E-state index in [4.69, 9.17) is 5.11 Å². The molecule has 0 unspecified atom stereocenters. The third kappa shape index (κ3) is 5.38. The number of aromatic carboxylic acids is 1. The van der Waals surface area contributed by atoms with E-state index in [1.807, 2.05) is 0 Å². The predicted octanol–water partition coefficient (Wildman–Crippen LogP) is 1.54. The van der Waals surface area contributed by atoms with E-state index < -0.39 is 24.7 Å². The van der Waals surface area contributed by atoms with Gasteiger partial charge in [0.1, 0.15) is 0 Å². The van der Waals surface area contributed by atoms with Crippen LogP contribution in [0.5, 0.6) is 0 Å². The van der Waals surface area contributed by atoms with Gasteiger partial charge in [-0.15, -0.1) is 0 Å². The van der Waals surface area contributed by atoms with E-state index in [2.05, 4.69) is 4.84 Å². The average molecular weight is 277 g/mol. The summed E-state index contributed by atoms with van der Waals surface area (Å²) in [4.78, 5) is 26.1. The number of nitrogens with one attached hydrogen (secondary N) is 1. The first-order valence-electron chi connectivity index (χ1n) is 5.08. The van der Waals surface area contributed by atoms with Crippen LogP contribution in [0.25, 0.3) is 0 Å². The van der Waals surface area contributed by atoms with Gasteiger partial charge in [0.05, 0.1) is 12.0 Å². The topological polar surface area (TPSA) is 75.6 Å². The minimum atomic E-state index is -4.55. The number of amides is 1. The van der Waals surface area contributed by atoms with Crippen LogP contribution in [0.1, 0.15) is 15.9 Å². The normalized spacial score (nSPS) is 11.1. The van der Waals surface area contributed by atoms with Gasteiger partial charge in [0, 0.05) is 0 Å². The molecular weight excluding hydrogens is 267 g/mol. The molecule has 0 saturated heterocycles. The van der Waals surface area contributed by atoms with Gasteiger partial charge in [-0.2, -0.15) is 13.2 Å². The van der Waals surface area contributed by atoms with Crippen LogP contribution in [0, 0.1) is 0 Å². The van der Waals surface area contributed by atoms with Gasteiger partial charge in [-0.05, 0) is 11.6 Å². The molecule has 0 aliphatic rings. The molecule has 19 heavy (non-hydrogen) atoms. The summed E-state index contributed by atoms with van der Waals surface area (Å²) in [6, 6.07) is 5.69. The minimum absolute atomic E-state index is 0.0894. The van der Waals surface area contributed by atoms with Gasteiger partial charge in [-0.25, -0.2) is 10.3 Å². The summed E-state index contributed by atoms with van der Waals surface area (Å²) in [5.74, 6) is -2.09. The SMILES string of the molecule is O=C(Cc1ccccc1C(=O)O)NOCC(F)(F)F. The molecule has 0 radical (unpaired) electrons. The molecule has 104 valence electrons. The molecule has 1 aromatic carbocycles. The van der Waals surface area contributed by atoms with Crippen molar-refractivity contribution in [3.05, 3.63) is 35.4 Å². The summed E-state index contributed by atoms with van der Waals surface area (Å²) in [6.45, 7) is -1.61. The van der Waals surface area contributed by atoms with Crippen LogP contribution in [0.15, 0.2) is 24.3 Å². The third-order valence-corrected chi connectivity index (χ3v) is 2.02. The molecule has 0 atom stereocenters. The number of halogens is 3. The summed E-state index contributed by atoms with van der Waals surface area (Å²) < 4.78 is 35.2. The molecular formula is C11H10F3NO4. The van der Waals surface area contributed by atoms with Crippen molar-refractivity contribution in [1.29, 1.82) is 0 Å². The molecule has 0 saturated carbocycles. The Morgan fingerprint density at radius 1 is 1.26 bits per heavy atom. The summed E-state index contributed by atoms with van der Waals surface area (Å²) in [6.07, 6.45) is -4.94. The molecule has 0 aliphatic heterocycles. The van der Waals surface area contributed by atoms with Gasteiger partial charge in [-0.1, -0.05) is 18.2 Å². The van der Waals surface area contributed by atoms with Crippen LogP contribution >= 0.6 is 0 Å². The van der Waals surface area contributed by atoms with Crippen LogP contribution in [0.3, 0.4) is 0 Å². The maximum atomic E-state index is 11.7. The summed E-state index contributed by atoms with van der Waals surface area (Å²) in [5.41, 5.74) is 1.70. The Bertz CT molecular complexity index is 473. The Labute approximate surface area is 105 Å². The Morgan fingerprint density at radius 2 is 1.89 bits per heavy atom. The van der Waals surface area contributed by atoms with E-state index in [0.29, 0.717) is 0 Å². The van der Waals surface area contributed by atoms with Crippen LogP contribution in [-0.2, 0) is 16.1 Å². The van der Waals surface area contributed by atoms with Crippen molar-refractivity contribution in [2.45, 2.75) is 12.6 Å². The van der Waals surface area contributed by atoms with Crippen molar-refractivity contribution in [1.82, 2.24) is 5.48 Å². The lowest BCUT2D eigenvalue weighted by molar-refractivity contribution is -0.191. The largest absolute Gasteiger partial charge is 0.478 e. The zero-order chi connectivity index (χ0) is 14.5. The van der Waals surface area contributed by atoms with E-state index in [1.165, 1.54) is 24.3 Å². The number of hydrogen-bond acceptors (Lipinski definition) is 3. The van der Waals surface area contributed by atoms with Crippen molar-refractivity contribution < 1.29 is 32.7 Å². The standard InChI is InChI=1S/C11H10F3NO4/c12-11(13,14)6-19-15-9(16)5-7-3-1-2-4-8(7)10(17)18/h1-4H,5-6H2,(H,15,16)(H,17,18). The highest BCUT2D eigenvalue weighted by Gasteiger charge is 2.28. The second-order valence-electron chi connectivity index (χ2n) is 3.57. The van der Waals surface area contributed by atoms with Crippen molar-refractivity contribution >= 4 is 11.9 Å². The van der Waals surface area contributed by atoms with Gasteiger partial charge in [0.25, 0.3) is 0 Å². The Morgan fingerprint density at radius 3 is 2.47 bits per heavy atom. The maximum absolute atomic E-state index is 11.7. The van der Waals surface area contributed by atoms with Gasteiger partial charge < -0.3 is 5.11 Å². The molecule has 8 heteroatoms. The summed E-state index contributed by atoms with van der Waals surface area (Å²) in [7, 11) is 0. The van der Waals surface area contributed by atoms with Crippen molar-refractivity contribution in [3.63, 3.8) is 0 Å². The highest BCUT2D eigenvalue weighted by molar-refractivity contribution is 5.91. The van der Waals surface area contributed by atoms with Crippen LogP contribution in [-0.4, -0.2) is 29.8 Å². The van der Waals surface area contributed by atoms with E-state index in [9.17, 15) is 22.8 Å². The molecule has 0 fully saturated rings. The van der Waals surface area contributed by atoms with Crippen molar-refractivity contribution in [2.75, 3.05) is 6.61 Å². The first-order valence-corrected chi connectivity index (χ1v) is 5.08. The molecule has 0 spiro atoms. The lowest BCUT2D eigenvalue weighted by atomic mass is 10.0. The molecule has 1 amide bonds. The number of hydroxylamine groups is 1. The average Bonchev–Trinajstić information content (AvgIpc) is 2.27. The third-order valence-electron chi connectivity index (χ3n) is 2.02. The number of carbonyl (C=O) groups excluding carboxylic acids is 1. The molecule has 0 aliphatic carbocycles. The minimum Gasteiger partial charge on any atom is -0.478 e. The zero-order valence-electron chi connectivity index (χ0n) is 9.53. The number of hydrogen-bond donors (Lipinski definition) is 2. The van der Waals surface area contributed by atoms with Gasteiger partial charge in [-0.3, -0.25) is 9.63 Å². The first-order chi connectivity index (χ1) is 8.79. The van der Waals surface area contributed by atoms with Crippen LogP contribution < -0.4 is 5.48 Å². The smallest absolute Gasteiger partial charge is 0.414 e. The Balaban J connectivity index is 2.56. The Hall–Kier alpha value is -2.09. The second-order valence-corrected chi connectivity index (χ2v) is 3.57. The number of rotatable bonds is 5. The molecule has 0 bridgehead atoms. The molecule has 0 aromatic heterocycles. The zero-order valence-corrected chi connectivity index (χ0v) is 9.53. The molecule has 2 N–H and O–H groups in total. The summed E-state index contributed by atoms with van der Waals surface area (Å²) >= 11 is 0. The van der Waals surface area contributed by atoms with E-state index in [1.54, 1.807) is 5.48 Å². The van der Waals surface area contributed by atoms with Gasteiger partial charge in [0.15, 0.2) is 6.61 Å². The molecule has 1 aromatic rings. The maximum Gasteiger partial charge on any atom is 0.414 e. The van der Waals surface area contributed by atoms with E-state index >= 15 is 0 Å². The fourth-order valence-corrected chi connectivity index (χ4v) is 1.29. The lowest BCUT2D eigenvalue weighted by Crippen LogP contribution is -2.30. The number of benzene rings is 1. The Kier molecular flexibility index (Phi) is 4.87. The lowest BCUT2D eigenvalue weighted by Gasteiger charge is -2.09. The van der Waals surface area contributed by atoms with E-state index in [0.717, 1.165) is 0 Å². The highest BCUT2D eigenvalue weighted by Crippen LogP contribution is 2.14. The van der Waals surface area contributed by atoms with Gasteiger partial charge >= 0.3 is 12.1 Å². The van der Waals surface area contributed by atoms with Gasteiger partial charge in [0.2, 0.25) is 5.91 Å². The second kappa shape index (κ2) is 6.19. The van der Waals surface area contributed by atoms with E-state index in [-0.39, 0.29) is 17.5 Å². The number of carboxylic acid groups (broad SMARTS) is 1. The number of carbonyl (C=O) groups is 2. The quantitative estimate of drug-likeness (QED) is 0.800. The fourth-order valence-electron chi connectivity index (χ4n) is 1.29. The molecule has 5 nitrogen and oxygen atoms in total. The number of carboxylic acids is 1. The van der Waals surface area contributed by atoms with Crippen LogP contribution in [0.2, 0.25) is 0 Å². The first kappa shape index (κ1) is 15.0. The molecule has 0 heterocycles. The highest BCUT2D eigenvalue weighted by atomic mass is 19.4. The van der Waals surface area contributed by atoms with Crippen molar-refractivity contribution in [3.8, 4) is 0 Å². The predicted molar refractivity (Wildman–Crippen MR) is 57.3 cm³/mol. The summed E-state index contributed by atoms with van der Waals surface area (Å²) in [5, 5.41) is 8.85. The van der Waals surface area contributed by atoms with Crippen molar-refractivity contribution in [2.24, 2.45) is 0 Å². The monoisotopic (exact) mass is 277 g/mol. The van der Waals surface area contributed by atoms with Crippen LogP contribution in [0.4, 0.5) is 13.2 Å². The molecule has 1 rings (SSSR count). The number of alkyl halides is 3.